The standard InChI is InChI=1S/C11H10BrN3O/c1-2-3-10(16)13-11-8-5-4-7(12)6-9(8)14-15-11/h2-6H,1H3,(H2,13,14,15,16)/b3-2-. The summed E-state index contributed by atoms with van der Waals surface area (Å²) < 4.78 is 0.968. The third-order valence-corrected chi connectivity index (χ3v) is 2.58. The summed E-state index contributed by atoms with van der Waals surface area (Å²) in [5.74, 6) is 0.365. The Hall–Kier alpha value is -1.62. The number of benzene rings is 1. The molecule has 1 aromatic heterocycles. The lowest BCUT2D eigenvalue weighted by Gasteiger charge is -1.97. The zero-order valence-electron chi connectivity index (χ0n) is 8.62. The molecule has 0 atom stereocenters. The fraction of sp³-hybridized carbons (Fsp3) is 0.0909. The number of nitrogens with zero attached hydrogens (tertiary/aromatic N) is 1. The molecule has 5 heteroatoms. The van der Waals surface area contributed by atoms with Crippen molar-refractivity contribution >= 4 is 38.6 Å². The average molecular weight is 280 g/mol. The van der Waals surface area contributed by atoms with Crippen molar-refractivity contribution in [2.75, 3.05) is 5.32 Å². The zero-order chi connectivity index (χ0) is 11.5. The lowest BCUT2D eigenvalue weighted by atomic mass is 10.2. The number of allylic oxidation sites excluding steroid dienone is 1. The molecule has 0 aliphatic carbocycles. The number of amides is 1. The molecule has 1 heterocycles. The maximum absolute atomic E-state index is 11.4. The van der Waals surface area contributed by atoms with Gasteiger partial charge in [-0.15, -0.1) is 0 Å². The van der Waals surface area contributed by atoms with Crippen LogP contribution >= 0.6 is 15.9 Å². The highest BCUT2D eigenvalue weighted by molar-refractivity contribution is 9.10. The second-order valence-electron chi connectivity index (χ2n) is 3.25. The summed E-state index contributed by atoms with van der Waals surface area (Å²) in [7, 11) is 0. The van der Waals surface area contributed by atoms with Gasteiger partial charge in [0.05, 0.1) is 5.52 Å². The van der Waals surface area contributed by atoms with Crippen LogP contribution in [0.5, 0.6) is 0 Å². The monoisotopic (exact) mass is 279 g/mol. The predicted molar refractivity (Wildman–Crippen MR) is 67.2 cm³/mol. The van der Waals surface area contributed by atoms with E-state index in [-0.39, 0.29) is 5.91 Å². The van der Waals surface area contributed by atoms with Crippen LogP contribution in [0.2, 0.25) is 0 Å². The molecule has 0 spiro atoms. The van der Waals surface area contributed by atoms with Crippen molar-refractivity contribution in [3.63, 3.8) is 0 Å². The SMILES string of the molecule is C/C=C\C(=O)Nc1n[nH]c2cc(Br)ccc12. The molecule has 2 aromatic rings. The zero-order valence-corrected chi connectivity index (χ0v) is 10.2. The minimum absolute atomic E-state index is 0.182. The highest BCUT2D eigenvalue weighted by Crippen LogP contribution is 2.23. The van der Waals surface area contributed by atoms with E-state index in [1.54, 1.807) is 13.0 Å². The minimum Gasteiger partial charge on any atom is -0.305 e. The molecule has 1 aromatic carbocycles. The van der Waals surface area contributed by atoms with Crippen LogP contribution in [0.15, 0.2) is 34.8 Å². The van der Waals surface area contributed by atoms with Crippen molar-refractivity contribution in [1.82, 2.24) is 10.2 Å². The van der Waals surface area contributed by atoms with Gasteiger partial charge in [-0.3, -0.25) is 9.89 Å². The van der Waals surface area contributed by atoms with Gasteiger partial charge in [0.2, 0.25) is 5.91 Å². The molecule has 0 saturated heterocycles. The van der Waals surface area contributed by atoms with Gasteiger partial charge < -0.3 is 5.32 Å². The number of anilines is 1. The average Bonchev–Trinajstić information content (AvgIpc) is 2.61. The summed E-state index contributed by atoms with van der Waals surface area (Å²) in [4.78, 5) is 11.4. The Bertz CT molecular complexity index is 559. The molecule has 0 aliphatic heterocycles. The number of H-pyrrole nitrogens is 1. The Morgan fingerprint density at radius 3 is 3.12 bits per heavy atom. The summed E-state index contributed by atoms with van der Waals surface area (Å²) in [5.41, 5.74) is 0.880. The van der Waals surface area contributed by atoms with E-state index < -0.39 is 0 Å². The van der Waals surface area contributed by atoms with E-state index in [0.29, 0.717) is 5.82 Å². The van der Waals surface area contributed by atoms with Crippen LogP contribution in [0.3, 0.4) is 0 Å². The van der Waals surface area contributed by atoms with Crippen molar-refractivity contribution < 1.29 is 4.79 Å². The van der Waals surface area contributed by atoms with Gasteiger partial charge in [0.15, 0.2) is 5.82 Å². The number of hydrogen-bond acceptors (Lipinski definition) is 2. The molecule has 82 valence electrons. The van der Waals surface area contributed by atoms with E-state index in [1.165, 1.54) is 6.08 Å². The number of halogens is 1. The van der Waals surface area contributed by atoms with Gasteiger partial charge in [0.25, 0.3) is 0 Å². The van der Waals surface area contributed by atoms with Crippen molar-refractivity contribution in [2.24, 2.45) is 0 Å². The van der Waals surface area contributed by atoms with Gasteiger partial charge in [-0.1, -0.05) is 22.0 Å². The smallest absolute Gasteiger partial charge is 0.249 e. The fourth-order valence-corrected chi connectivity index (χ4v) is 1.76. The molecule has 2 N–H and O–H groups in total. The van der Waals surface area contributed by atoms with Gasteiger partial charge in [0.1, 0.15) is 0 Å². The predicted octanol–water partition coefficient (Wildman–Crippen LogP) is 2.84. The van der Waals surface area contributed by atoms with Gasteiger partial charge >= 0.3 is 0 Å². The number of aromatic amines is 1. The van der Waals surface area contributed by atoms with Gasteiger partial charge in [-0.05, 0) is 31.2 Å². The van der Waals surface area contributed by atoms with Crippen molar-refractivity contribution in [3.8, 4) is 0 Å². The summed E-state index contributed by atoms with van der Waals surface area (Å²) in [5, 5.41) is 10.5. The van der Waals surface area contributed by atoms with Crippen molar-refractivity contribution in [3.05, 3.63) is 34.8 Å². The lowest BCUT2D eigenvalue weighted by Crippen LogP contribution is -2.08. The van der Waals surface area contributed by atoms with Crippen molar-refractivity contribution in [1.29, 1.82) is 0 Å². The number of hydrogen-bond donors (Lipinski definition) is 2. The van der Waals surface area contributed by atoms with Gasteiger partial charge in [-0.25, -0.2) is 0 Å². The van der Waals surface area contributed by atoms with E-state index >= 15 is 0 Å². The highest BCUT2D eigenvalue weighted by Gasteiger charge is 2.07. The first kappa shape index (κ1) is 10.9. The van der Waals surface area contributed by atoms with Crippen molar-refractivity contribution in [2.45, 2.75) is 6.92 Å². The number of rotatable bonds is 2. The quantitative estimate of drug-likeness (QED) is 0.831. The molecule has 1 amide bonds. The van der Waals surface area contributed by atoms with Gasteiger partial charge in [0, 0.05) is 9.86 Å². The van der Waals surface area contributed by atoms with Crippen LogP contribution in [0.4, 0.5) is 5.82 Å². The van der Waals surface area contributed by atoms with Crippen LogP contribution in [0, 0.1) is 0 Å². The minimum atomic E-state index is -0.182. The van der Waals surface area contributed by atoms with Crippen LogP contribution in [0.1, 0.15) is 6.92 Å². The maximum atomic E-state index is 11.4. The topological polar surface area (TPSA) is 57.8 Å². The van der Waals surface area contributed by atoms with Crippen LogP contribution in [-0.4, -0.2) is 16.1 Å². The summed E-state index contributed by atoms with van der Waals surface area (Å²) in [6.07, 6.45) is 3.14. The lowest BCUT2D eigenvalue weighted by molar-refractivity contribution is -0.111. The number of carbonyl (C=O) groups is 1. The Morgan fingerprint density at radius 2 is 2.38 bits per heavy atom. The largest absolute Gasteiger partial charge is 0.305 e. The maximum Gasteiger partial charge on any atom is 0.249 e. The normalized spacial score (nSPS) is 11.1. The van der Waals surface area contributed by atoms with E-state index in [2.05, 4.69) is 31.4 Å². The third-order valence-electron chi connectivity index (χ3n) is 2.08. The second kappa shape index (κ2) is 4.49. The molecular weight excluding hydrogens is 270 g/mol. The Labute approximate surface area is 101 Å². The van der Waals surface area contributed by atoms with E-state index in [4.69, 9.17) is 0 Å². The second-order valence-corrected chi connectivity index (χ2v) is 4.17. The summed E-state index contributed by atoms with van der Waals surface area (Å²) in [6.45, 7) is 1.79. The number of aromatic nitrogens is 2. The molecule has 0 unspecified atom stereocenters. The first-order valence-electron chi connectivity index (χ1n) is 4.78. The summed E-state index contributed by atoms with van der Waals surface area (Å²) in [6, 6.07) is 5.71. The molecule has 16 heavy (non-hydrogen) atoms. The molecule has 0 aliphatic rings. The Kier molecular flexibility index (Phi) is 3.05. The molecule has 0 bridgehead atoms. The van der Waals surface area contributed by atoms with E-state index in [1.807, 2.05) is 18.2 Å². The number of carbonyl (C=O) groups excluding carboxylic acids is 1. The third kappa shape index (κ3) is 2.14. The molecular formula is C11H10BrN3O. The molecule has 0 fully saturated rings. The van der Waals surface area contributed by atoms with E-state index in [9.17, 15) is 4.79 Å². The fourth-order valence-electron chi connectivity index (χ4n) is 1.40. The Morgan fingerprint density at radius 1 is 1.56 bits per heavy atom. The van der Waals surface area contributed by atoms with Crippen LogP contribution < -0.4 is 5.32 Å². The van der Waals surface area contributed by atoms with Gasteiger partial charge in [-0.2, -0.15) is 5.10 Å². The first-order chi connectivity index (χ1) is 7.70. The number of fused-ring (bicyclic) bond motifs is 1. The number of nitrogens with one attached hydrogen (secondary N) is 2. The molecule has 0 radical (unpaired) electrons. The molecule has 4 nitrogen and oxygen atoms in total. The molecule has 2 rings (SSSR count). The van der Waals surface area contributed by atoms with Crippen LogP contribution in [0.25, 0.3) is 10.9 Å². The highest BCUT2D eigenvalue weighted by atomic mass is 79.9. The molecule has 0 saturated carbocycles. The van der Waals surface area contributed by atoms with Crippen LogP contribution in [-0.2, 0) is 4.79 Å². The first-order valence-corrected chi connectivity index (χ1v) is 5.57. The summed E-state index contributed by atoms with van der Waals surface area (Å²) >= 11 is 3.37. The van der Waals surface area contributed by atoms with E-state index in [0.717, 1.165) is 15.4 Å². The Balaban J connectivity index is 2.35.